The third-order valence-electron chi connectivity index (χ3n) is 4.23. The van der Waals surface area contributed by atoms with Gasteiger partial charge >= 0.3 is 0 Å². The van der Waals surface area contributed by atoms with E-state index >= 15 is 0 Å². The predicted molar refractivity (Wildman–Crippen MR) is 93.2 cm³/mol. The lowest BCUT2D eigenvalue weighted by Crippen LogP contribution is -2.00. The molecule has 0 radical (unpaired) electrons. The van der Waals surface area contributed by atoms with E-state index in [1.165, 1.54) is 13.2 Å². The molecule has 4 aromatic rings. The average Bonchev–Trinajstić information content (AvgIpc) is 3.24. The van der Waals surface area contributed by atoms with E-state index in [-0.39, 0.29) is 17.2 Å². The minimum atomic E-state index is -0.307. The molecule has 0 aliphatic heterocycles. The van der Waals surface area contributed by atoms with Crippen molar-refractivity contribution in [3.05, 3.63) is 48.8 Å². The largest absolute Gasteiger partial charge is 0.504 e. The maximum absolute atomic E-state index is 9.92. The van der Waals surface area contributed by atoms with Crippen LogP contribution in [0.25, 0.3) is 27.8 Å². The number of aromatic nitrogens is 4. The van der Waals surface area contributed by atoms with Crippen LogP contribution in [0.5, 0.6) is 17.2 Å². The molecule has 0 amide bonds. The Morgan fingerprint density at radius 3 is 2.72 bits per heavy atom. The quantitative estimate of drug-likeness (QED) is 0.562. The molecule has 0 aliphatic carbocycles. The van der Waals surface area contributed by atoms with Gasteiger partial charge in [-0.1, -0.05) is 11.3 Å². The Balaban J connectivity index is 1.86. The Hall–Kier alpha value is -3.48. The number of nitrogens with zero attached hydrogens (tertiary/aromatic N) is 4. The van der Waals surface area contributed by atoms with E-state index < -0.39 is 0 Å². The van der Waals surface area contributed by atoms with E-state index in [1.807, 2.05) is 31.4 Å². The summed E-state index contributed by atoms with van der Waals surface area (Å²) in [5.41, 5.74) is 3.37. The molecule has 2 N–H and O–H groups in total. The summed E-state index contributed by atoms with van der Waals surface area (Å²) in [5, 5.41) is 28.9. The monoisotopic (exact) mass is 336 g/mol. The van der Waals surface area contributed by atoms with Gasteiger partial charge in [-0.25, -0.2) is 4.68 Å². The van der Waals surface area contributed by atoms with Gasteiger partial charge < -0.3 is 19.5 Å². The number of aromatic hydroxyl groups is 2. The first-order chi connectivity index (χ1) is 12.1. The van der Waals surface area contributed by atoms with E-state index in [2.05, 4.69) is 20.9 Å². The highest BCUT2D eigenvalue weighted by atomic mass is 16.5. The van der Waals surface area contributed by atoms with Crippen LogP contribution in [0.4, 0.5) is 0 Å². The summed E-state index contributed by atoms with van der Waals surface area (Å²) in [6, 6.07) is 11.1. The van der Waals surface area contributed by atoms with Gasteiger partial charge in [0.1, 0.15) is 0 Å². The van der Waals surface area contributed by atoms with Crippen molar-refractivity contribution in [1.29, 1.82) is 0 Å². The van der Waals surface area contributed by atoms with Crippen LogP contribution in [-0.4, -0.2) is 36.9 Å². The molecule has 7 heteroatoms. The first-order valence-corrected chi connectivity index (χ1v) is 7.65. The molecular weight excluding hydrogens is 320 g/mol. The number of ether oxygens (including phenoxy) is 1. The number of rotatable bonds is 3. The zero-order chi connectivity index (χ0) is 17.6. The van der Waals surface area contributed by atoms with Crippen molar-refractivity contribution >= 4 is 10.9 Å². The van der Waals surface area contributed by atoms with Gasteiger partial charge in [-0.2, -0.15) is 0 Å². The SMILES string of the molecule is COc1cc(-n2nncc2-c2ccc3c(ccn3C)c2)cc(O)c1O. The molecule has 25 heavy (non-hydrogen) atoms. The molecule has 0 atom stereocenters. The molecule has 0 aliphatic rings. The summed E-state index contributed by atoms with van der Waals surface area (Å²) in [6.07, 6.45) is 3.66. The van der Waals surface area contributed by atoms with Gasteiger partial charge in [0.2, 0.25) is 5.75 Å². The van der Waals surface area contributed by atoms with Crippen LogP contribution in [0.1, 0.15) is 0 Å². The number of phenols is 2. The lowest BCUT2D eigenvalue weighted by molar-refractivity contribution is 0.350. The zero-order valence-electron chi connectivity index (χ0n) is 13.7. The number of phenolic OH excluding ortho intramolecular Hbond substituents is 2. The van der Waals surface area contributed by atoms with E-state index in [0.717, 1.165) is 22.2 Å². The standard InChI is InChI=1S/C18H16N4O3/c1-21-6-5-12-7-11(3-4-14(12)21)15-10-19-20-22(15)13-8-16(23)18(24)17(9-13)25-2/h3-10,23-24H,1-2H3. The normalized spacial score (nSPS) is 11.1. The lowest BCUT2D eigenvalue weighted by atomic mass is 10.1. The molecule has 0 bridgehead atoms. The van der Waals surface area contributed by atoms with Crippen LogP contribution in [0.2, 0.25) is 0 Å². The highest BCUT2D eigenvalue weighted by molar-refractivity contribution is 5.85. The Morgan fingerprint density at radius 1 is 1.08 bits per heavy atom. The van der Waals surface area contributed by atoms with Gasteiger partial charge in [-0.15, -0.1) is 5.10 Å². The summed E-state index contributed by atoms with van der Waals surface area (Å²) < 4.78 is 8.74. The second-order valence-corrected chi connectivity index (χ2v) is 5.75. The second kappa shape index (κ2) is 5.55. The van der Waals surface area contributed by atoms with E-state index in [9.17, 15) is 10.2 Å². The summed E-state index contributed by atoms with van der Waals surface area (Å²) >= 11 is 0. The maximum atomic E-state index is 9.92. The molecule has 7 nitrogen and oxygen atoms in total. The fourth-order valence-electron chi connectivity index (χ4n) is 2.92. The number of fused-ring (bicyclic) bond motifs is 1. The first-order valence-electron chi connectivity index (χ1n) is 7.65. The van der Waals surface area contributed by atoms with Gasteiger partial charge in [0.05, 0.1) is 24.7 Å². The first kappa shape index (κ1) is 15.1. The predicted octanol–water partition coefficient (Wildman–Crippen LogP) is 2.85. The number of aryl methyl sites for hydroxylation is 1. The van der Waals surface area contributed by atoms with E-state index in [1.54, 1.807) is 16.9 Å². The van der Waals surface area contributed by atoms with Crippen LogP contribution < -0.4 is 4.74 Å². The van der Waals surface area contributed by atoms with Gasteiger partial charge in [0.25, 0.3) is 0 Å². The fourth-order valence-corrected chi connectivity index (χ4v) is 2.92. The van der Waals surface area contributed by atoms with E-state index in [4.69, 9.17) is 4.74 Å². The number of benzene rings is 2. The molecule has 126 valence electrons. The molecule has 0 saturated heterocycles. The van der Waals surface area contributed by atoms with Gasteiger partial charge in [-0.05, 0) is 18.2 Å². The molecule has 4 rings (SSSR count). The molecule has 2 aromatic carbocycles. The number of hydrogen-bond donors (Lipinski definition) is 2. The fraction of sp³-hybridized carbons (Fsp3) is 0.111. The Morgan fingerprint density at radius 2 is 1.92 bits per heavy atom. The van der Waals surface area contributed by atoms with Crippen molar-refractivity contribution in [3.63, 3.8) is 0 Å². The Bertz CT molecular complexity index is 1080. The topological polar surface area (TPSA) is 85.3 Å². The smallest absolute Gasteiger partial charge is 0.200 e. The Kier molecular flexibility index (Phi) is 3.35. The van der Waals surface area contributed by atoms with Crippen molar-refractivity contribution in [1.82, 2.24) is 19.6 Å². The summed E-state index contributed by atoms with van der Waals surface area (Å²) in [6.45, 7) is 0. The third kappa shape index (κ3) is 2.37. The van der Waals surface area contributed by atoms with Crippen LogP contribution in [0.3, 0.4) is 0 Å². The molecular formula is C18H16N4O3. The summed E-state index contributed by atoms with van der Waals surface area (Å²) in [7, 11) is 3.42. The third-order valence-corrected chi connectivity index (χ3v) is 4.23. The molecule has 2 aromatic heterocycles. The van der Waals surface area contributed by atoms with Crippen LogP contribution in [-0.2, 0) is 7.05 Å². The highest BCUT2D eigenvalue weighted by Crippen LogP contribution is 2.38. The van der Waals surface area contributed by atoms with Crippen molar-refractivity contribution < 1.29 is 14.9 Å². The molecule has 2 heterocycles. The van der Waals surface area contributed by atoms with Gasteiger partial charge in [-0.3, -0.25) is 0 Å². The second-order valence-electron chi connectivity index (χ2n) is 5.75. The summed E-state index contributed by atoms with van der Waals surface area (Å²) in [5.74, 6) is -0.428. The Labute approximate surface area is 143 Å². The minimum Gasteiger partial charge on any atom is -0.504 e. The van der Waals surface area contributed by atoms with Crippen molar-refractivity contribution in [2.24, 2.45) is 7.05 Å². The van der Waals surface area contributed by atoms with Crippen molar-refractivity contribution in [3.8, 4) is 34.2 Å². The maximum Gasteiger partial charge on any atom is 0.200 e. The minimum absolute atomic E-state index is 0.162. The van der Waals surface area contributed by atoms with Crippen molar-refractivity contribution in [2.45, 2.75) is 0 Å². The van der Waals surface area contributed by atoms with Crippen LogP contribution in [0.15, 0.2) is 48.8 Å². The number of methoxy groups -OCH3 is 1. The van der Waals surface area contributed by atoms with E-state index in [0.29, 0.717) is 5.69 Å². The van der Waals surface area contributed by atoms with Gasteiger partial charge in [0.15, 0.2) is 11.5 Å². The molecule has 0 spiro atoms. The zero-order valence-corrected chi connectivity index (χ0v) is 13.7. The highest BCUT2D eigenvalue weighted by Gasteiger charge is 2.15. The molecule has 0 unspecified atom stereocenters. The molecule has 0 fully saturated rings. The summed E-state index contributed by atoms with van der Waals surface area (Å²) in [4.78, 5) is 0. The molecule has 0 saturated carbocycles. The van der Waals surface area contributed by atoms with Crippen LogP contribution in [0, 0.1) is 0 Å². The average molecular weight is 336 g/mol. The lowest BCUT2D eigenvalue weighted by Gasteiger charge is -2.11. The van der Waals surface area contributed by atoms with Crippen LogP contribution >= 0.6 is 0 Å². The van der Waals surface area contributed by atoms with Crippen molar-refractivity contribution in [2.75, 3.05) is 7.11 Å². The van der Waals surface area contributed by atoms with Gasteiger partial charge in [0, 0.05) is 41.8 Å². The number of hydrogen-bond acceptors (Lipinski definition) is 5.